The first-order valence-corrected chi connectivity index (χ1v) is 7.33. The maximum absolute atomic E-state index is 12.9. The molecule has 5 nitrogen and oxygen atoms in total. The molecule has 122 valence electrons. The van der Waals surface area contributed by atoms with Crippen molar-refractivity contribution in [3.8, 4) is 5.75 Å². The summed E-state index contributed by atoms with van der Waals surface area (Å²) >= 11 is 5.82. The maximum Gasteiger partial charge on any atom is 0.261 e. The quantitative estimate of drug-likeness (QED) is 0.805. The van der Waals surface area contributed by atoms with Gasteiger partial charge in [-0.05, 0) is 31.0 Å². The molecule has 0 fully saturated rings. The molecule has 0 bridgehead atoms. The Kier molecular flexibility index (Phi) is 7.11. The monoisotopic (exact) mass is 330 g/mol. The van der Waals surface area contributed by atoms with Crippen molar-refractivity contribution in [1.29, 1.82) is 0 Å². The Morgan fingerprint density at radius 1 is 1.27 bits per heavy atom. The number of benzene rings is 1. The largest absolute Gasteiger partial charge is 0.479 e. The summed E-state index contributed by atoms with van der Waals surface area (Å²) in [5.41, 5.74) is 0. The first-order valence-electron chi connectivity index (χ1n) is 6.95. The zero-order valence-electron chi connectivity index (χ0n) is 12.8. The molecule has 0 unspecified atom stereocenters. The van der Waals surface area contributed by atoms with E-state index in [1.807, 2.05) is 13.8 Å². The summed E-state index contributed by atoms with van der Waals surface area (Å²) < 4.78 is 18.3. The van der Waals surface area contributed by atoms with Gasteiger partial charge in [-0.25, -0.2) is 4.39 Å². The molecule has 1 atom stereocenters. The number of carbonyl (C=O) groups excluding carboxylic acids is 2. The Bertz CT molecular complexity index is 538. The van der Waals surface area contributed by atoms with Gasteiger partial charge in [0.25, 0.3) is 5.91 Å². The van der Waals surface area contributed by atoms with Gasteiger partial charge in [0.05, 0.1) is 11.6 Å². The normalized spacial score (nSPS) is 11.9. The highest BCUT2D eigenvalue weighted by atomic mass is 35.5. The van der Waals surface area contributed by atoms with E-state index in [-0.39, 0.29) is 23.2 Å². The zero-order chi connectivity index (χ0) is 16.7. The number of halogens is 2. The molecule has 22 heavy (non-hydrogen) atoms. The minimum atomic E-state index is -0.860. The number of hydrogen-bond donors (Lipinski definition) is 2. The van der Waals surface area contributed by atoms with Gasteiger partial charge >= 0.3 is 0 Å². The second-order valence-corrected chi connectivity index (χ2v) is 5.66. The van der Waals surface area contributed by atoms with Crippen molar-refractivity contribution < 1.29 is 18.7 Å². The van der Waals surface area contributed by atoms with Crippen molar-refractivity contribution >= 4 is 23.4 Å². The fourth-order valence-corrected chi connectivity index (χ4v) is 1.72. The number of rotatable bonds is 7. The van der Waals surface area contributed by atoms with E-state index in [0.717, 1.165) is 6.07 Å². The van der Waals surface area contributed by atoms with E-state index >= 15 is 0 Å². The van der Waals surface area contributed by atoms with Crippen molar-refractivity contribution in [2.24, 2.45) is 5.92 Å². The topological polar surface area (TPSA) is 67.4 Å². The van der Waals surface area contributed by atoms with Crippen LogP contribution in [0.2, 0.25) is 5.02 Å². The van der Waals surface area contributed by atoms with Crippen LogP contribution in [0.1, 0.15) is 20.8 Å². The molecular formula is C15H20ClFN2O3. The Balaban J connectivity index is 2.43. The van der Waals surface area contributed by atoms with E-state index in [1.54, 1.807) is 0 Å². The zero-order valence-corrected chi connectivity index (χ0v) is 13.5. The molecule has 0 saturated heterocycles. The van der Waals surface area contributed by atoms with Gasteiger partial charge in [-0.2, -0.15) is 0 Å². The molecule has 1 aromatic rings. The lowest BCUT2D eigenvalue weighted by Gasteiger charge is -2.15. The van der Waals surface area contributed by atoms with Crippen LogP contribution in [0.25, 0.3) is 0 Å². The van der Waals surface area contributed by atoms with Crippen LogP contribution in [-0.4, -0.2) is 31.0 Å². The molecule has 1 aromatic carbocycles. The summed E-state index contributed by atoms with van der Waals surface area (Å²) in [4.78, 5) is 23.3. The van der Waals surface area contributed by atoms with Gasteiger partial charge in [-0.3, -0.25) is 9.59 Å². The van der Waals surface area contributed by atoms with Gasteiger partial charge in [-0.15, -0.1) is 0 Å². The van der Waals surface area contributed by atoms with Crippen molar-refractivity contribution in [3.63, 3.8) is 0 Å². The Labute approximate surface area is 134 Å². The molecular weight excluding hydrogens is 311 g/mol. The predicted octanol–water partition coefficient (Wildman–Crippen LogP) is 2.13. The van der Waals surface area contributed by atoms with E-state index in [1.165, 1.54) is 19.1 Å². The third-order valence-electron chi connectivity index (χ3n) is 2.70. The van der Waals surface area contributed by atoms with Crippen molar-refractivity contribution in [2.45, 2.75) is 26.9 Å². The summed E-state index contributed by atoms with van der Waals surface area (Å²) in [6.45, 7) is 5.88. The van der Waals surface area contributed by atoms with E-state index in [2.05, 4.69) is 10.6 Å². The second-order valence-electron chi connectivity index (χ2n) is 5.25. The van der Waals surface area contributed by atoms with Crippen LogP contribution in [0.3, 0.4) is 0 Å². The van der Waals surface area contributed by atoms with Crippen molar-refractivity contribution in [3.05, 3.63) is 29.0 Å². The van der Waals surface area contributed by atoms with Crippen molar-refractivity contribution in [2.75, 3.05) is 13.1 Å². The standard InChI is InChI=1S/C15H20ClFN2O3/c1-9(2)7-18-14(20)8-19-15(21)10(3)22-13-5-4-11(17)6-12(13)16/h4-6,9-10H,7-8H2,1-3H3,(H,18,20)(H,19,21)/t10-/m0/s1. The lowest BCUT2D eigenvalue weighted by atomic mass is 10.2. The highest BCUT2D eigenvalue weighted by Crippen LogP contribution is 2.25. The van der Waals surface area contributed by atoms with Crippen LogP contribution < -0.4 is 15.4 Å². The summed E-state index contributed by atoms with van der Waals surface area (Å²) in [5, 5.41) is 5.23. The summed E-state index contributed by atoms with van der Waals surface area (Å²) in [7, 11) is 0. The van der Waals surface area contributed by atoms with Crippen LogP contribution in [-0.2, 0) is 9.59 Å². The van der Waals surface area contributed by atoms with Gasteiger partial charge < -0.3 is 15.4 Å². The number of amides is 2. The molecule has 2 amide bonds. The fraction of sp³-hybridized carbons (Fsp3) is 0.467. The van der Waals surface area contributed by atoms with Gasteiger partial charge in [-0.1, -0.05) is 25.4 Å². The Morgan fingerprint density at radius 3 is 2.55 bits per heavy atom. The van der Waals surface area contributed by atoms with Crippen LogP contribution in [0.5, 0.6) is 5.75 Å². The van der Waals surface area contributed by atoms with Gasteiger partial charge in [0.15, 0.2) is 6.10 Å². The van der Waals surface area contributed by atoms with Gasteiger partial charge in [0.2, 0.25) is 5.91 Å². The smallest absolute Gasteiger partial charge is 0.261 e. The Morgan fingerprint density at radius 2 is 1.95 bits per heavy atom. The molecule has 0 radical (unpaired) electrons. The molecule has 0 aliphatic heterocycles. The number of nitrogens with one attached hydrogen (secondary N) is 2. The minimum absolute atomic E-state index is 0.0781. The molecule has 0 aromatic heterocycles. The SMILES string of the molecule is CC(C)CNC(=O)CNC(=O)[C@H](C)Oc1ccc(F)cc1Cl. The number of hydrogen-bond acceptors (Lipinski definition) is 3. The molecule has 1 rings (SSSR count). The summed E-state index contributed by atoms with van der Waals surface area (Å²) in [6.07, 6.45) is -0.860. The molecule has 0 aliphatic rings. The second kappa shape index (κ2) is 8.58. The summed E-state index contributed by atoms with van der Waals surface area (Å²) in [6, 6.07) is 3.63. The molecule has 2 N–H and O–H groups in total. The third-order valence-corrected chi connectivity index (χ3v) is 2.99. The molecule has 0 aliphatic carbocycles. The van der Waals surface area contributed by atoms with Gasteiger partial charge in [0.1, 0.15) is 11.6 Å². The average molecular weight is 331 g/mol. The predicted molar refractivity (Wildman–Crippen MR) is 82.4 cm³/mol. The van der Waals surface area contributed by atoms with E-state index < -0.39 is 17.8 Å². The van der Waals surface area contributed by atoms with Gasteiger partial charge in [0, 0.05) is 6.54 Å². The fourth-order valence-electron chi connectivity index (χ4n) is 1.51. The lowest BCUT2D eigenvalue weighted by molar-refractivity contribution is -0.130. The third kappa shape index (κ3) is 6.30. The first-order chi connectivity index (χ1) is 10.3. The Hall–Kier alpha value is -1.82. The van der Waals surface area contributed by atoms with Crippen molar-refractivity contribution in [1.82, 2.24) is 10.6 Å². The maximum atomic E-state index is 12.9. The first kappa shape index (κ1) is 18.2. The van der Waals surface area contributed by atoms with E-state index in [0.29, 0.717) is 12.5 Å². The minimum Gasteiger partial charge on any atom is -0.479 e. The van der Waals surface area contributed by atoms with Crippen LogP contribution in [0, 0.1) is 11.7 Å². The van der Waals surface area contributed by atoms with E-state index in [4.69, 9.17) is 16.3 Å². The molecule has 7 heteroatoms. The molecule has 0 spiro atoms. The van der Waals surface area contributed by atoms with E-state index in [9.17, 15) is 14.0 Å². The lowest BCUT2D eigenvalue weighted by Crippen LogP contribution is -2.43. The molecule has 0 saturated carbocycles. The number of ether oxygens (including phenoxy) is 1. The highest BCUT2D eigenvalue weighted by molar-refractivity contribution is 6.32. The number of carbonyl (C=O) groups is 2. The van der Waals surface area contributed by atoms with Crippen LogP contribution in [0.4, 0.5) is 4.39 Å². The van der Waals surface area contributed by atoms with Crippen LogP contribution >= 0.6 is 11.6 Å². The highest BCUT2D eigenvalue weighted by Gasteiger charge is 2.17. The molecule has 0 heterocycles. The average Bonchev–Trinajstić information content (AvgIpc) is 2.45. The summed E-state index contributed by atoms with van der Waals surface area (Å²) in [5.74, 6) is -0.678. The van der Waals surface area contributed by atoms with Crippen LogP contribution in [0.15, 0.2) is 18.2 Å².